The fraction of sp³-hybridized carbons (Fsp3) is 0.909. The summed E-state index contributed by atoms with van der Waals surface area (Å²) in [4.78, 5) is 11.6. The zero-order chi connectivity index (χ0) is 12.6. The molecule has 0 aromatic rings. The molecule has 0 aromatic carbocycles. The number of carbonyl (C=O) groups is 1. The number of rotatable bonds is 8. The van der Waals surface area contributed by atoms with Crippen LogP contribution < -0.4 is 11.1 Å². The molecule has 0 aromatic heterocycles. The van der Waals surface area contributed by atoms with Gasteiger partial charge in [-0.1, -0.05) is 13.8 Å². The van der Waals surface area contributed by atoms with Crippen molar-refractivity contribution in [2.45, 2.75) is 38.8 Å². The topological polar surface area (TPSA) is 84.6 Å². The average molecular weight is 232 g/mol. The van der Waals surface area contributed by atoms with E-state index in [1.807, 2.05) is 13.8 Å². The second-order valence-electron chi connectivity index (χ2n) is 4.28. The van der Waals surface area contributed by atoms with Crippen molar-refractivity contribution in [1.29, 1.82) is 0 Å². The summed E-state index contributed by atoms with van der Waals surface area (Å²) in [6.07, 6.45) is 1.35. The van der Waals surface area contributed by atoms with Crippen molar-refractivity contribution in [2.75, 3.05) is 20.3 Å². The maximum atomic E-state index is 11.6. The molecule has 0 aliphatic carbocycles. The predicted octanol–water partition coefficient (Wildman–Crippen LogP) is -0.127. The number of aliphatic hydroxyl groups is 1. The number of hydrogen-bond acceptors (Lipinski definition) is 4. The van der Waals surface area contributed by atoms with E-state index in [4.69, 9.17) is 15.6 Å². The minimum atomic E-state index is -0.525. The first kappa shape index (κ1) is 15.3. The number of hydrogen-bond donors (Lipinski definition) is 3. The van der Waals surface area contributed by atoms with Crippen LogP contribution in [0.1, 0.15) is 26.7 Å². The van der Waals surface area contributed by atoms with E-state index in [1.165, 1.54) is 0 Å². The van der Waals surface area contributed by atoms with Crippen LogP contribution in [0.2, 0.25) is 0 Å². The molecule has 5 nitrogen and oxygen atoms in total. The molecule has 0 spiro atoms. The summed E-state index contributed by atoms with van der Waals surface area (Å²) in [6, 6.07) is -0.746. The summed E-state index contributed by atoms with van der Waals surface area (Å²) in [5.41, 5.74) is 5.71. The Hall–Kier alpha value is -0.650. The number of aliphatic hydroxyl groups excluding tert-OH is 1. The van der Waals surface area contributed by atoms with Crippen LogP contribution in [0.4, 0.5) is 0 Å². The van der Waals surface area contributed by atoms with Gasteiger partial charge in [0.1, 0.15) is 0 Å². The highest BCUT2D eigenvalue weighted by atomic mass is 16.5. The number of nitrogens with one attached hydrogen (secondary N) is 1. The molecule has 0 heterocycles. The van der Waals surface area contributed by atoms with Crippen molar-refractivity contribution >= 4 is 5.91 Å². The molecule has 2 atom stereocenters. The normalized spacial score (nSPS) is 14.9. The van der Waals surface area contributed by atoms with Gasteiger partial charge in [0.05, 0.1) is 18.7 Å². The highest BCUT2D eigenvalue weighted by Crippen LogP contribution is 2.02. The molecule has 16 heavy (non-hydrogen) atoms. The molecule has 0 radical (unpaired) electrons. The van der Waals surface area contributed by atoms with E-state index in [2.05, 4.69) is 5.32 Å². The molecule has 0 rings (SSSR count). The quantitative estimate of drug-likeness (QED) is 0.509. The maximum Gasteiger partial charge on any atom is 0.237 e. The van der Waals surface area contributed by atoms with Crippen molar-refractivity contribution in [2.24, 2.45) is 11.7 Å². The Balaban J connectivity index is 3.93. The maximum absolute atomic E-state index is 11.6. The van der Waals surface area contributed by atoms with E-state index in [0.29, 0.717) is 13.0 Å². The Morgan fingerprint density at radius 2 is 2.12 bits per heavy atom. The number of ether oxygens (including phenoxy) is 1. The summed E-state index contributed by atoms with van der Waals surface area (Å²) in [7, 11) is 1.62. The summed E-state index contributed by atoms with van der Waals surface area (Å²) in [5.74, 6) is -0.0102. The fourth-order valence-corrected chi connectivity index (χ4v) is 1.29. The van der Waals surface area contributed by atoms with Crippen molar-refractivity contribution in [3.63, 3.8) is 0 Å². The lowest BCUT2D eigenvalue weighted by Crippen LogP contribution is -2.48. The van der Waals surface area contributed by atoms with Crippen molar-refractivity contribution in [3.05, 3.63) is 0 Å². The van der Waals surface area contributed by atoms with Crippen LogP contribution in [-0.4, -0.2) is 43.4 Å². The summed E-state index contributed by atoms with van der Waals surface area (Å²) >= 11 is 0. The lowest BCUT2D eigenvalue weighted by atomic mass is 10.0. The molecule has 0 bridgehead atoms. The molecule has 4 N–H and O–H groups in total. The zero-order valence-corrected chi connectivity index (χ0v) is 10.4. The fourth-order valence-electron chi connectivity index (χ4n) is 1.29. The summed E-state index contributed by atoms with van der Waals surface area (Å²) in [5, 5.41) is 11.8. The third-order valence-electron chi connectivity index (χ3n) is 2.53. The Kier molecular flexibility index (Phi) is 8.15. The van der Waals surface area contributed by atoms with Gasteiger partial charge < -0.3 is 20.9 Å². The second kappa shape index (κ2) is 8.50. The van der Waals surface area contributed by atoms with E-state index >= 15 is 0 Å². The molecule has 96 valence electrons. The predicted molar refractivity (Wildman–Crippen MR) is 62.9 cm³/mol. The van der Waals surface area contributed by atoms with Crippen LogP contribution in [0, 0.1) is 5.92 Å². The molecule has 0 saturated carbocycles. The standard InChI is InChI=1S/C11H24N2O3/c1-8(2)10(7-14)13-11(15)9(12)5-4-6-16-3/h8-10,14H,4-7,12H2,1-3H3,(H,13,15)/t9?,10-/m1/s1. The highest BCUT2D eigenvalue weighted by molar-refractivity contribution is 5.81. The Morgan fingerprint density at radius 1 is 1.50 bits per heavy atom. The van der Waals surface area contributed by atoms with Gasteiger partial charge in [-0.3, -0.25) is 4.79 Å². The molecule has 0 aliphatic rings. The van der Waals surface area contributed by atoms with E-state index in [9.17, 15) is 4.79 Å². The third-order valence-corrected chi connectivity index (χ3v) is 2.53. The minimum absolute atomic E-state index is 0.0613. The first-order chi connectivity index (χ1) is 7.52. The van der Waals surface area contributed by atoms with E-state index in [-0.39, 0.29) is 24.5 Å². The molecular weight excluding hydrogens is 208 g/mol. The van der Waals surface area contributed by atoms with Crippen LogP contribution in [0.5, 0.6) is 0 Å². The van der Waals surface area contributed by atoms with E-state index in [0.717, 1.165) is 6.42 Å². The van der Waals surface area contributed by atoms with E-state index < -0.39 is 6.04 Å². The Morgan fingerprint density at radius 3 is 2.56 bits per heavy atom. The van der Waals surface area contributed by atoms with E-state index in [1.54, 1.807) is 7.11 Å². The van der Waals surface area contributed by atoms with Crippen molar-refractivity contribution in [3.8, 4) is 0 Å². The SMILES string of the molecule is COCCCC(N)C(=O)N[C@H](CO)C(C)C. The van der Waals surface area contributed by atoms with Crippen LogP contribution in [-0.2, 0) is 9.53 Å². The van der Waals surface area contributed by atoms with Crippen LogP contribution in [0.3, 0.4) is 0 Å². The number of nitrogens with two attached hydrogens (primary N) is 1. The molecule has 0 aliphatic heterocycles. The average Bonchev–Trinajstić information content (AvgIpc) is 2.25. The van der Waals surface area contributed by atoms with Gasteiger partial charge in [0, 0.05) is 13.7 Å². The van der Waals surface area contributed by atoms with Gasteiger partial charge in [0.15, 0.2) is 0 Å². The molecule has 1 amide bonds. The van der Waals surface area contributed by atoms with Gasteiger partial charge in [-0.25, -0.2) is 0 Å². The largest absolute Gasteiger partial charge is 0.394 e. The van der Waals surface area contributed by atoms with Gasteiger partial charge >= 0.3 is 0 Å². The Bertz CT molecular complexity index is 198. The first-order valence-corrected chi connectivity index (χ1v) is 5.68. The minimum Gasteiger partial charge on any atom is -0.394 e. The van der Waals surface area contributed by atoms with Gasteiger partial charge in [0.25, 0.3) is 0 Å². The van der Waals surface area contributed by atoms with Gasteiger partial charge in [0.2, 0.25) is 5.91 Å². The van der Waals surface area contributed by atoms with Crippen molar-refractivity contribution < 1.29 is 14.6 Å². The smallest absolute Gasteiger partial charge is 0.237 e. The highest BCUT2D eigenvalue weighted by Gasteiger charge is 2.19. The van der Waals surface area contributed by atoms with Crippen molar-refractivity contribution in [1.82, 2.24) is 5.32 Å². The molecular formula is C11H24N2O3. The third kappa shape index (κ3) is 6.05. The lowest BCUT2D eigenvalue weighted by Gasteiger charge is -2.22. The van der Waals surface area contributed by atoms with Crippen LogP contribution >= 0.6 is 0 Å². The van der Waals surface area contributed by atoms with Gasteiger partial charge in [-0.2, -0.15) is 0 Å². The summed E-state index contributed by atoms with van der Waals surface area (Å²) in [6.45, 7) is 4.43. The molecule has 0 saturated heterocycles. The number of carbonyl (C=O) groups excluding carboxylic acids is 1. The van der Waals surface area contributed by atoms with Crippen LogP contribution in [0.25, 0.3) is 0 Å². The first-order valence-electron chi connectivity index (χ1n) is 5.68. The molecule has 0 fully saturated rings. The van der Waals surface area contributed by atoms with Gasteiger partial charge in [-0.05, 0) is 18.8 Å². The Labute approximate surface area is 97.3 Å². The number of methoxy groups -OCH3 is 1. The lowest BCUT2D eigenvalue weighted by molar-refractivity contribution is -0.123. The second-order valence-corrected chi connectivity index (χ2v) is 4.28. The molecule has 1 unspecified atom stereocenters. The van der Waals surface area contributed by atoms with Gasteiger partial charge in [-0.15, -0.1) is 0 Å². The monoisotopic (exact) mass is 232 g/mol. The molecule has 5 heteroatoms. The number of amides is 1. The summed E-state index contributed by atoms with van der Waals surface area (Å²) < 4.78 is 4.89. The van der Waals surface area contributed by atoms with Crippen LogP contribution in [0.15, 0.2) is 0 Å². The zero-order valence-electron chi connectivity index (χ0n) is 10.4.